The molecule has 582 valence electrons. The molecule has 0 aromatic heterocycles. The van der Waals surface area contributed by atoms with Gasteiger partial charge >= 0.3 is 0 Å². The lowest BCUT2D eigenvalue weighted by molar-refractivity contribution is 0.130. The minimum absolute atomic E-state index is 0.0824. The van der Waals surface area contributed by atoms with Gasteiger partial charge in [-0.25, -0.2) is 0 Å². The maximum Gasteiger partial charge on any atom is 0.166 e. The number of rotatable bonds is 23. The second kappa shape index (κ2) is 40.4. The minimum atomic E-state index is -0.276. The molecule has 0 N–H and O–H groups in total. The van der Waals surface area contributed by atoms with E-state index in [0.717, 1.165) is 40.2 Å². The highest BCUT2D eigenvalue weighted by Gasteiger charge is 2.34. The monoisotopic (exact) mass is 1570 g/mol. The standard InChI is InChI=1S/C30H39O3S.C26H31O2S.C23H23OS.C21H21O2S/c1-28(2,3)31-22-10-16-25(17-11-22)34(26-18-12-23(13-19-26)32-29(4,5)6)27-20-14-24(15-21-27)33-30(7,8)9;1-25(2,3)27-20-12-16-23(17-13-20)29(22-10-8-7-9-11-22)24-18-14-21(15-19-24)28-26(4,5)6;1-3-11-21(12-4-1)25(22-13-5-2-6-14-22)23-17-15-20(16-18-23)24-19-9-7-8-10-19;1-22-16-17-23-18-12-14-21(15-13-18)24(19-8-4-2-5-9-19)20-10-6-3-7-11-20/h10-21H,1-9H3;7-19H,1-6H3;1-6,11-19H,7-10H2;2-15H,16-17H2,1H3/q4*+1. The third-order valence-electron chi connectivity index (χ3n) is 16.6. The molecule has 112 heavy (non-hydrogen) atoms. The Morgan fingerprint density at radius 1 is 0.223 bits per heavy atom. The number of benzene rings is 12. The van der Waals surface area contributed by atoms with Crippen LogP contribution in [0.3, 0.4) is 0 Å². The lowest BCUT2D eigenvalue weighted by atomic mass is 10.2. The van der Waals surface area contributed by atoms with E-state index < -0.39 is 0 Å². The van der Waals surface area contributed by atoms with Gasteiger partial charge in [-0.15, -0.1) is 0 Å². The molecule has 0 saturated heterocycles. The fourth-order valence-electron chi connectivity index (χ4n) is 12.2. The van der Waals surface area contributed by atoms with Gasteiger partial charge in [0.05, 0.1) is 56.3 Å². The Hall–Kier alpha value is -9.40. The van der Waals surface area contributed by atoms with Crippen molar-refractivity contribution >= 4 is 43.6 Å². The third-order valence-corrected chi connectivity index (χ3v) is 25.5. The largest absolute Gasteiger partial charge is 0.491 e. The molecule has 0 spiro atoms. The predicted molar refractivity (Wildman–Crippen MR) is 468 cm³/mol. The molecule has 0 atom stereocenters. The average molecular weight is 1570 g/mol. The molecule has 0 heterocycles. The molecule has 1 fully saturated rings. The number of hydrogen-bond donors (Lipinski definition) is 0. The van der Waals surface area contributed by atoms with Crippen LogP contribution in [-0.2, 0) is 48.3 Å². The maximum absolute atomic E-state index is 6.12. The SMILES string of the molecule is CC(C)(C)Oc1ccc([S+](c2ccc(OC(C)(C)C)cc2)c2ccc(OC(C)(C)C)cc2)cc1.CC(C)(C)Oc1ccc([S+](c2ccccc2)c2ccc(OC(C)(C)C)cc2)cc1.COCCOc1ccc([S+](c2ccccc2)c2ccccc2)cc1.c1ccc([S+](c2ccccc2)c2ccc(OC3CCCC3)cc2)cc1. The quantitative estimate of drug-likeness (QED) is 0.0463. The summed E-state index contributed by atoms with van der Waals surface area (Å²) in [7, 11) is 1.02. The van der Waals surface area contributed by atoms with Gasteiger partial charge in [0.2, 0.25) is 0 Å². The second-order valence-electron chi connectivity index (χ2n) is 32.0. The first kappa shape index (κ1) is 85.0. The van der Waals surface area contributed by atoms with Crippen molar-refractivity contribution in [2.75, 3.05) is 20.3 Å². The summed E-state index contributed by atoms with van der Waals surface area (Å²) in [5.41, 5.74) is -1.09. The van der Waals surface area contributed by atoms with E-state index in [1.807, 2.05) is 12.1 Å². The van der Waals surface area contributed by atoms with Crippen LogP contribution in [0.2, 0.25) is 0 Å². The highest BCUT2D eigenvalue weighted by Crippen LogP contribution is 2.39. The molecule has 13 rings (SSSR count). The fraction of sp³-hybridized carbons (Fsp3) is 0.280. The number of methoxy groups -OCH3 is 1. The topological polar surface area (TPSA) is 73.8 Å². The van der Waals surface area contributed by atoms with Crippen LogP contribution in [0.15, 0.2) is 380 Å². The molecule has 0 radical (unpaired) electrons. The Bertz CT molecular complexity index is 4390. The summed E-state index contributed by atoms with van der Waals surface area (Å²) >= 11 is 0. The van der Waals surface area contributed by atoms with Crippen LogP contribution in [0.4, 0.5) is 0 Å². The molecule has 12 aromatic rings. The van der Waals surface area contributed by atoms with Gasteiger partial charge in [0.25, 0.3) is 0 Å². The summed E-state index contributed by atoms with van der Waals surface area (Å²) in [6.07, 6.45) is 5.40. The highest BCUT2D eigenvalue weighted by atomic mass is 32.2. The van der Waals surface area contributed by atoms with Crippen molar-refractivity contribution in [1.29, 1.82) is 0 Å². The molecular formula is C100H114O8S4+4. The van der Waals surface area contributed by atoms with Crippen molar-refractivity contribution in [3.63, 3.8) is 0 Å². The van der Waals surface area contributed by atoms with Crippen molar-refractivity contribution in [2.45, 2.75) is 222 Å². The summed E-state index contributed by atoms with van der Waals surface area (Å²) in [5, 5.41) is 0. The van der Waals surface area contributed by atoms with Gasteiger partial charge in [-0.2, -0.15) is 0 Å². The first-order chi connectivity index (χ1) is 53.6. The molecule has 1 aliphatic carbocycles. The molecule has 1 aliphatic rings. The summed E-state index contributed by atoms with van der Waals surface area (Å²) < 4.78 is 46.9. The zero-order valence-electron chi connectivity index (χ0n) is 68.3. The van der Waals surface area contributed by atoms with Crippen molar-refractivity contribution in [3.05, 3.63) is 322 Å². The van der Waals surface area contributed by atoms with Crippen LogP contribution >= 0.6 is 0 Å². The molecule has 12 aromatic carbocycles. The summed E-state index contributed by atoms with van der Waals surface area (Å²) in [6, 6.07) is 113. The van der Waals surface area contributed by atoms with Gasteiger partial charge in [0, 0.05) is 7.11 Å². The summed E-state index contributed by atoms with van der Waals surface area (Å²) in [4.78, 5) is 15.5. The van der Waals surface area contributed by atoms with Crippen LogP contribution in [-0.4, -0.2) is 54.4 Å². The van der Waals surface area contributed by atoms with Crippen LogP contribution < -0.4 is 33.2 Å². The van der Waals surface area contributed by atoms with Crippen LogP contribution in [0.5, 0.6) is 40.2 Å². The molecule has 0 aliphatic heterocycles. The lowest BCUT2D eigenvalue weighted by Gasteiger charge is -2.22. The summed E-state index contributed by atoms with van der Waals surface area (Å²) in [6.45, 7) is 32.1. The number of hydrogen-bond acceptors (Lipinski definition) is 8. The second-order valence-corrected chi connectivity index (χ2v) is 40.1. The zero-order valence-corrected chi connectivity index (χ0v) is 71.6. The number of ether oxygens (including phenoxy) is 8. The Balaban J connectivity index is 0.000000160. The van der Waals surface area contributed by atoms with Crippen molar-refractivity contribution < 1.29 is 37.9 Å². The van der Waals surface area contributed by atoms with E-state index in [0.29, 0.717) is 19.3 Å². The van der Waals surface area contributed by atoms with E-state index in [1.165, 1.54) is 84.4 Å². The van der Waals surface area contributed by atoms with E-state index in [1.54, 1.807) is 7.11 Å². The van der Waals surface area contributed by atoms with E-state index in [2.05, 4.69) is 413 Å². The normalized spacial score (nSPS) is 12.5. The first-order valence-corrected chi connectivity index (χ1v) is 43.6. The van der Waals surface area contributed by atoms with E-state index in [9.17, 15) is 0 Å². The van der Waals surface area contributed by atoms with Crippen molar-refractivity contribution in [1.82, 2.24) is 0 Å². The molecule has 0 unspecified atom stereocenters. The molecule has 8 nitrogen and oxygen atoms in total. The molecular weight excluding hydrogens is 1460 g/mol. The predicted octanol–water partition coefficient (Wildman–Crippen LogP) is 26.4. The van der Waals surface area contributed by atoms with Gasteiger partial charge < -0.3 is 37.9 Å². The Morgan fingerprint density at radius 2 is 0.402 bits per heavy atom. The third kappa shape index (κ3) is 27.8. The first-order valence-electron chi connectivity index (χ1n) is 38.7. The van der Waals surface area contributed by atoms with Crippen LogP contribution in [0, 0.1) is 0 Å². The van der Waals surface area contributed by atoms with Crippen molar-refractivity contribution in [3.8, 4) is 40.2 Å². The molecule has 0 amide bonds. The van der Waals surface area contributed by atoms with Crippen LogP contribution in [0.1, 0.15) is 130 Å². The molecule has 1 saturated carbocycles. The van der Waals surface area contributed by atoms with Gasteiger partial charge in [0.1, 0.15) is 74.9 Å². The van der Waals surface area contributed by atoms with Crippen LogP contribution in [0.25, 0.3) is 0 Å². The van der Waals surface area contributed by atoms with Crippen molar-refractivity contribution in [2.24, 2.45) is 0 Å². The maximum atomic E-state index is 6.12. The Labute approximate surface area is 681 Å². The van der Waals surface area contributed by atoms with Gasteiger partial charge in [-0.05, 0) is 360 Å². The highest BCUT2D eigenvalue weighted by molar-refractivity contribution is 7.98. The molecule has 12 heteroatoms. The van der Waals surface area contributed by atoms with E-state index in [4.69, 9.17) is 37.9 Å². The Morgan fingerprint density at radius 3 is 0.589 bits per heavy atom. The van der Waals surface area contributed by atoms with E-state index >= 15 is 0 Å². The van der Waals surface area contributed by atoms with E-state index in [-0.39, 0.29) is 71.6 Å². The lowest BCUT2D eigenvalue weighted by Crippen LogP contribution is -2.23. The molecule has 0 bridgehead atoms. The minimum Gasteiger partial charge on any atom is -0.491 e. The average Bonchev–Trinajstić information content (AvgIpc) is 0.826. The van der Waals surface area contributed by atoms with Gasteiger partial charge in [-0.3, -0.25) is 0 Å². The smallest absolute Gasteiger partial charge is 0.166 e. The van der Waals surface area contributed by atoms with Gasteiger partial charge in [-0.1, -0.05) is 91.0 Å². The Kier molecular flexibility index (Phi) is 30.6. The zero-order chi connectivity index (χ0) is 79.7. The fourth-order valence-corrected chi connectivity index (χ4v) is 20.4. The van der Waals surface area contributed by atoms with Gasteiger partial charge in [0.15, 0.2) is 58.7 Å². The summed E-state index contributed by atoms with van der Waals surface area (Å²) in [5.74, 6) is 6.30.